The molecule has 2 atom stereocenters. The molecule has 8 nitrogen and oxygen atoms in total. The van der Waals surface area contributed by atoms with E-state index in [4.69, 9.17) is 15.6 Å². The molecule has 1 saturated carbocycles. The maximum absolute atomic E-state index is 11.7. The molecule has 0 amide bonds. The summed E-state index contributed by atoms with van der Waals surface area (Å²) in [5.74, 6) is -0.980. The first-order chi connectivity index (χ1) is 11.5. The van der Waals surface area contributed by atoms with E-state index < -0.39 is 11.8 Å². The molecule has 128 valence electrons. The zero-order valence-electron chi connectivity index (χ0n) is 13.9. The smallest absolute Gasteiger partial charge is 0.375 e. The first kappa shape index (κ1) is 17.7. The number of hydrogen-bond acceptors (Lipinski definition) is 7. The van der Waals surface area contributed by atoms with E-state index in [1.807, 2.05) is 6.07 Å². The number of esters is 1. The van der Waals surface area contributed by atoms with Gasteiger partial charge < -0.3 is 10.1 Å². The summed E-state index contributed by atoms with van der Waals surface area (Å²) in [4.78, 5) is 11.7. The summed E-state index contributed by atoms with van der Waals surface area (Å²) in [6.07, 6.45) is 5.60. The van der Waals surface area contributed by atoms with Crippen LogP contribution in [0.1, 0.15) is 45.1 Å². The highest BCUT2D eigenvalue weighted by atomic mass is 16.5. The average Bonchev–Trinajstić information content (AvgIpc) is 2.58. The molecule has 1 aromatic heterocycles. The van der Waals surface area contributed by atoms with Gasteiger partial charge in [-0.1, -0.05) is 19.8 Å². The van der Waals surface area contributed by atoms with Gasteiger partial charge in [0.2, 0.25) is 5.84 Å². The minimum absolute atomic E-state index is 0.135. The van der Waals surface area contributed by atoms with Crippen LogP contribution >= 0.6 is 0 Å². The highest BCUT2D eigenvalue weighted by Gasteiger charge is 2.24. The normalized spacial score (nSPS) is 20.0. The largest absolute Gasteiger partial charge is 0.460 e. The topological polar surface area (TPSA) is 128 Å². The molecule has 24 heavy (non-hydrogen) atoms. The van der Waals surface area contributed by atoms with Gasteiger partial charge in [-0.2, -0.15) is 15.0 Å². The monoisotopic (exact) mass is 330 g/mol. The van der Waals surface area contributed by atoms with Crippen molar-refractivity contribution < 1.29 is 9.53 Å². The Hall–Kier alpha value is -2.69. The zero-order chi connectivity index (χ0) is 17.7. The predicted molar refractivity (Wildman–Crippen MR) is 87.6 cm³/mol. The van der Waals surface area contributed by atoms with Gasteiger partial charge in [0.25, 0.3) is 0 Å². The third kappa shape index (κ3) is 3.62. The quantitative estimate of drug-likeness (QED) is 0.441. The molecule has 0 aromatic carbocycles. The number of aromatic nitrogens is 2. The van der Waals surface area contributed by atoms with Crippen molar-refractivity contribution >= 4 is 17.5 Å². The molecular formula is C16H22N6O2. The standard InChI is InChI=1S/C16H22N6O2/c1-3-24-16(23)15(19)22-14(18)13(11(8-17)9-20-22)21-12-7-5-4-6-10(12)2/h9-10,12,18-19,21H,3-7H2,1-2H3. The second-order valence-electron chi connectivity index (χ2n) is 5.89. The van der Waals surface area contributed by atoms with Gasteiger partial charge in [-0.3, -0.25) is 10.8 Å². The Bertz CT molecular complexity index is 733. The summed E-state index contributed by atoms with van der Waals surface area (Å²) in [5.41, 5.74) is 0.343. The average molecular weight is 330 g/mol. The Morgan fingerprint density at radius 3 is 2.88 bits per heavy atom. The van der Waals surface area contributed by atoms with E-state index in [-0.39, 0.29) is 23.7 Å². The van der Waals surface area contributed by atoms with Crippen molar-refractivity contribution in [2.45, 2.75) is 45.6 Å². The van der Waals surface area contributed by atoms with Gasteiger partial charge in [-0.15, -0.1) is 0 Å². The van der Waals surface area contributed by atoms with Crippen molar-refractivity contribution in [3.63, 3.8) is 0 Å². The summed E-state index contributed by atoms with van der Waals surface area (Å²) in [7, 11) is 0. The molecule has 2 unspecified atom stereocenters. The van der Waals surface area contributed by atoms with E-state index in [1.165, 1.54) is 12.6 Å². The predicted octanol–water partition coefficient (Wildman–Crippen LogP) is 1.61. The Morgan fingerprint density at radius 1 is 1.54 bits per heavy atom. The van der Waals surface area contributed by atoms with Crippen molar-refractivity contribution in [1.82, 2.24) is 9.78 Å². The Balaban J connectivity index is 2.37. The maximum Gasteiger partial charge on any atom is 0.375 e. The maximum atomic E-state index is 11.7. The SMILES string of the molecule is CCOC(=O)C(=N)n1ncc(C#N)c(NC2CCCCC2C)c1=N. The summed E-state index contributed by atoms with van der Waals surface area (Å²) in [6, 6.07) is 2.17. The number of carbonyl (C=O) groups excluding carboxylic acids is 1. The number of carbonyl (C=O) groups is 1. The van der Waals surface area contributed by atoms with Crippen LogP contribution < -0.4 is 10.8 Å². The lowest BCUT2D eigenvalue weighted by atomic mass is 9.86. The van der Waals surface area contributed by atoms with Crippen LogP contribution in [0.5, 0.6) is 0 Å². The molecule has 3 N–H and O–H groups in total. The number of nitrogens with one attached hydrogen (secondary N) is 3. The van der Waals surface area contributed by atoms with Crippen LogP contribution in [0.3, 0.4) is 0 Å². The molecule has 0 bridgehead atoms. The fourth-order valence-electron chi connectivity index (χ4n) is 2.87. The molecule has 1 aromatic rings. The number of nitriles is 1. The number of rotatable bonds is 3. The minimum atomic E-state index is -0.856. The highest BCUT2D eigenvalue weighted by molar-refractivity contribution is 6.34. The van der Waals surface area contributed by atoms with Gasteiger partial charge in [0, 0.05) is 6.04 Å². The third-order valence-electron chi connectivity index (χ3n) is 4.26. The van der Waals surface area contributed by atoms with E-state index in [0.29, 0.717) is 11.6 Å². The van der Waals surface area contributed by atoms with Crippen LogP contribution in [-0.4, -0.2) is 34.2 Å². The van der Waals surface area contributed by atoms with E-state index in [2.05, 4.69) is 17.3 Å². The minimum Gasteiger partial charge on any atom is -0.460 e. The molecule has 1 aliphatic rings. The Labute approximate surface area is 140 Å². The van der Waals surface area contributed by atoms with E-state index in [0.717, 1.165) is 23.9 Å². The van der Waals surface area contributed by atoms with E-state index in [9.17, 15) is 10.1 Å². The molecular weight excluding hydrogens is 308 g/mol. The molecule has 1 aliphatic carbocycles. The number of nitrogens with zero attached hydrogens (tertiary/aromatic N) is 3. The number of hydrogen-bond donors (Lipinski definition) is 3. The van der Waals surface area contributed by atoms with Gasteiger partial charge in [0.15, 0.2) is 5.49 Å². The lowest BCUT2D eigenvalue weighted by Crippen LogP contribution is -2.39. The summed E-state index contributed by atoms with van der Waals surface area (Å²) >= 11 is 0. The Morgan fingerprint density at radius 2 is 2.25 bits per heavy atom. The molecule has 1 heterocycles. The second kappa shape index (κ2) is 7.73. The van der Waals surface area contributed by atoms with E-state index in [1.54, 1.807) is 6.92 Å². The molecule has 8 heteroatoms. The van der Waals surface area contributed by atoms with Gasteiger partial charge in [-0.25, -0.2) is 4.79 Å². The molecule has 0 radical (unpaired) electrons. The van der Waals surface area contributed by atoms with Crippen LogP contribution in [0, 0.1) is 28.1 Å². The van der Waals surface area contributed by atoms with Crippen LogP contribution in [0.15, 0.2) is 6.20 Å². The van der Waals surface area contributed by atoms with Gasteiger partial charge in [-0.05, 0) is 25.7 Å². The van der Waals surface area contributed by atoms with Crippen molar-refractivity contribution in [1.29, 1.82) is 16.1 Å². The van der Waals surface area contributed by atoms with Crippen LogP contribution in [0.2, 0.25) is 0 Å². The molecule has 0 saturated heterocycles. The summed E-state index contributed by atoms with van der Waals surface area (Å²) in [6.45, 7) is 3.92. The van der Waals surface area contributed by atoms with Crippen LogP contribution in [-0.2, 0) is 9.53 Å². The van der Waals surface area contributed by atoms with Crippen molar-refractivity contribution in [3.05, 3.63) is 17.2 Å². The number of anilines is 1. The highest BCUT2D eigenvalue weighted by Crippen LogP contribution is 2.26. The molecule has 2 rings (SSSR count). The molecule has 1 fully saturated rings. The molecule has 0 spiro atoms. The van der Waals surface area contributed by atoms with Gasteiger partial charge in [0.1, 0.15) is 6.07 Å². The van der Waals surface area contributed by atoms with Crippen LogP contribution in [0.4, 0.5) is 5.69 Å². The van der Waals surface area contributed by atoms with Crippen molar-refractivity contribution in [3.8, 4) is 6.07 Å². The van der Waals surface area contributed by atoms with Crippen LogP contribution in [0.25, 0.3) is 0 Å². The zero-order valence-corrected chi connectivity index (χ0v) is 13.9. The lowest BCUT2D eigenvalue weighted by Gasteiger charge is -2.30. The van der Waals surface area contributed by atoms with Crippen molar-refractivity contribution in [2.75, 3.05) is 11.9 Å². The lowest BCUT2D eigenvalue weighted by molar-refractivity contribution is -0.135. The van der Waals surface area contributed by atoms with Gasteiger partial charge in [0.05, 0.1) is 24.1 Å². The fourth-order valence-corrected chi connectivity index (χ4v) is 2.87. The van der Waals surface area contributed by atoms with Crippen molar-refractivity contribution in [2.24, 2.45) is 5.92 Å². The second-order valence-corrected chi connectivity index (χ2v) is 5.89. The first-order valence-electron chi connectivity index (χ1n) is 8.09. The van der Waals surface area contributed by atoms with E-state index >= 15 is 0 Å². The molecule has 0 aliphatic heterocycles. The third-order valence-corrected chi connectivity index (χ3v) is 4.26. The Kier molecular flexibility index (Phi) is 5.68. The summed E-state index contributed by atoms with van der Waals surface area (Å²) < 4.78 is 5.67. The fraction of sp³-hybridized carbons (Fsp3) is 0.562. The summed E-state index contributed by atoms with van der Waals surface area (Å²) in [5, 5.41) is 32.6. The number of ether oxygens (including phenoxy) is 1. The van der Waals surface area contributed by atoms with Gasteiger partial charge >= 0.3 is 5.97 Å². The first-order valence-corrected chi connectivity index (χ1v) is 8.09.